The molecule has 1 heteroatoms. The summed E-state index contributed by atoms with van der Waals surface area (Å²) < 4.78 is 0. The number of Topliss-reactive ketones (excluding diaryl/α,β-unsaturated/α-hetero) is 1. The van der Waals surface area contributed by atoms with Crippen molar-refractivity contribution in [3.63, 3.8) is 0 Å². The van der Waals surface area contributed by atoms with E-state index < -0.39 is 0 Å². The first-order chi connectivity index (χ1) is 7.08. The van der Waals surface area contributed by atoms with Gasteiger partial charge in [0.25, 0.3) is 0 Å². The van der Waals surface area contributed by atoms with Crippen molar-refractivity contribution in [3.05, 3.63) is 0 Å². The highest BCUT2D eigenvalue weighted by molar-refractivity contribution is 5.87. The predicted molar refractivity (Wildman–Crippen MR) is 62.6 cm³/mol. The second-order valence-corrected chi connectivity index (χ2v) is 6.00. The highest BCUT2D eigenvalue weighted by Crippen LogP contribution is 2.52. The maximum atomic E-state index is 11.9. The number of ketones is 1. The second kappa shape index (κ2) is 3.92. The molecule has 0 spiro atoms. The van der Waals surface area contributed by atoms with Crippen molar-refractivity contribution in [1.29, 1.82) is 0 Å². The number of hydrogen-bond donors (Lipinski definition) is 0. The lowest BCUT2D eigenvalue weighted by Crippen LogP contribution is -2.36. The summed E-state index contributed by atoms with van der Waals surface area (Å²) in [5.41, 5.74) is 0.0734. The molecule has 0 aromatic heterocycles. The van der Waals surface area contributed by atoms with Crippen LogP contribution >= 0.6 is 0 Å². The Morgan fingerprint density at radius 3 is 2.87 bits per heavy atom. The molecule has 0 aromatic rings. The predicted octanol–water partition coefficient (Wildman–Crippen LogP) is 3.82. The van der Waals surface area contributed by atoms with E-state index in [0.717, 1.165) is 24.7 Å². The summed E-state index contributed by atoms with van der Waals surface area (Å²) in [6.45, 7) is 6.89. The molecule has 2 aliphatic carbocycles. The standard InChI is InChI=1S/C14H24O/c1-4-10(2)11-7-8-14(3)12(9-11)5-6-13(14)15/h10-12H,4-9H2,1-3H3/t10-,11?,12?,14-/m0/s1. The van der Waals surface area contributed by atoms with Crippen LogP contribution in [0.15, 0.2) is 0 Å². The fraction of sp³-hybridized carbons (Fsp3) is 0.929. The lowest BCUT2D eigenvalue weighted by atomic mass is 9.63. The summed E-state index contributed by atoms with van der Waals surface area (Å²) in [4.78, 5) is 11.9. The van der Waals surface area contributed by atoms with Crippen molar-refractivity contribution in [2.75, 3.05) is 0 Å². The summed E-state index contributed by atoms with van der Waals surface area (Å²) in [6, 6.07) is 0. The molecule has 2 unspecified atom stereocenters. The van der Waals surface area contributed by atoms with E-state index in [2.05, 4.69) is 20.8 Å². The van der Waals surface area contributed by atoms with Gasteiger partial charge in [-0.25, -0.2) is 0 Å². The highest BCUT2D eigenvalue weighted by Gasteiger charge is 2.49. The van der Waals surface area contributed by atoms with Crippen LogP contribution < -0.4 is 0 Å². The van der Waals surface area contributed by atoms with Gasteiger partial charge in [-0.15, -0.1) is 0 Å². The van der Waals surface area contributed by atoms with Gasteiger partial charge in [0.2, 0.25) is 0 Å². The Kier molecular flexibility index (Phi) is 2.92. The number of fused-ring (bicyclic) bond motifs is 1. The zero-order valence-electron chi connectivity index (χ0n) is 10.4. The van der Waals surface area contributed by atoms with Crippen molar-refractivity contribution in [2.24, 2.45) is 23.2 Å². The van der Waals surface area contributed by atoms with Gasteiger partial charge in [-0.3, -0.25) is 4.79 Å². The maximum Gasteiger partial charge on any atom is 0.139 e. The zero-order valence-corrected chi connectivity index (χ0v) is 10.4. The first-order valence-corrected chi connectivity index (χ1v) is 6.61. The third-order valence-corrected chi connectivity index (χ3v) is 5.33. The molecule has 2 aliphatic rings. The summed E-state index contributed by atoms with van der Waals surface area (Å²) in [5.74, 6) is 3.00. The highest BCUT2D eigenvalue weighted by atomic mass is 16.1. The molecule has 0 aliphatic heterocycles. The second-order valence-electron chi connectivity index (χ2n) is 6.00. The number of hydrogen-bond acceptors (Lipinski definition) is 1. The molecular formula is C14H24O. The minimum absolute atomic E-state index is 0.0734. The van der Waals surface area contributed by atoms with E-state index in [0.29, 0.717) is 11.7 Å². The van der Waals surface area contributed by atoms with Crippen LogP contribution in [0.5, 0.6) is 0 Å². The molecule has 2 saturated carbocycles. The zero-order chi connectivity index (χ0) is 11.1. The first-order valence-electron chi connectivity index (χ1n) is 6.61. The average molecular weight is 208 g/mol. The van der Waals surface area contributed by atoms with Gasteiger partial charge in [0.05, 0.1) is 0 Å². The van der Waals surface area contributed by atoms with Gasteiger partial charge in [0.15, 0.2) is 0 Å². The van der Waals surface area contributed by atoms with Crippen LogP contribution in [0, 0.1) is 23.2 Å². The Morgan fingerprint density at radius 1 is 1.47 bits per heavy atom. The molecule has 0 bridgehead atoms. The van der Waals surface area contributed by atoms with E-state index in [-0.39, 0.29) is 5.41 Å². The molecule has 0 amide bonds. The molecule has 0 aromatic carbocycles. The van der Waals surface area contributed by atoms with Crippen LogP contribution in [0.25, 0.3) is 0 Å². The smallest absolute Gasteiger partial charge is 0.139 e. The Balaban J connectivity index is 2.05. The van der Waals surface area contributed by atoms with Crippen LogP contribution in [0.2, 0.25) is 0 Å². The van der Waals surface area contributed by atoms with Crippen molar-refractivity contribution in [3.8, 4) is 0 Å². The molecular weight excluding hydrogens is 184 g/mol. The molecule has 0 heterocycles. The molecule has 0 radical (unpaired) electrons. The molecule has 2 rings (SSSR count). The van der Waals surface area contributed by atoms with Crippen LogP contribution in [-0.4, -0.2) is 5.78 Å². The Hall–Kier alpha value is -0.330. The lowest BCUT2D eigenvalue weighted by Gasteiger charge is -2.40. The number of carbonyl (C=O) groups excluding carboxylic acids is 1. The Labute approximate surface area is 93.6 Å². The summed E-state index contributed by atoms with van der Waals surface area (Å²) in [6.07, 6.45) is 7.08. The molecule has 86 valence electrons. The first kappa shape index (κ1) is 11.2. The summed E-state index contributed by atoms with van der Waals surface area (Å²) >= 11 is 0. The van der Waals surface area contributed by atoms with Gasteiger partial charge in [-0.2, -0.15) is 0 Å². The molecule has 0 N–H and O–H groups in total. The van der Waals surface area contributed by atoms with Crippen LogP contribution in [0.1, 0.15) is 59.3 Å². The topological polar surface area (TPSA) is 17.1 Å². The summed E-state index contributed by atoms with van der Waals surface area (Å²) in [5, 5.41) is 0. The van der Waals surface area contributed by atoms with Crippen LogP contribution in [0.3, 0.4) is 0 Å². The monoisotopic (exact) mass is 208 g/mol. The van der Waals surface area contributed by atoms with E-state index in [1.165, 1.54) is 25.7 Å². The van der Waals surface area contributed by atoms with Crippen LogP contribution in [0.4, 0.5) is 0 Å². The third kappa shape index (κ3) is 1.74. The minimum Gasteiger partial charge on any atom is -0.299 e. The SMILES string of the molecule is CC[C@H](C)C1CC[C@]2(C)C(=O)CCC2C1. The van der Waals surface area contributed by atoms with Crippen molar-refractivity contribution < 1.29 is 4.79 Å². The van der Waals surface area contributed by atoms with Gasteiger partial charge in [0.1, 0.15) is 5.78 Å². The normalized spacial score (nSPS) is 42.7. The van der Waals surface area contributed by atoms with Crippen molar-refractivity contribution >= 4 is 5.78 Å². The number of carbonyl (C=O) groups is 1. The van der Waals surface area contributed by atoms with Gasteiger partial charge in [-0.05, 0) is 43.4 Å². The van der Waals surface area contributed by atoms with Gasteiger partial charge >= 0.3 is 0 Å². The Bertz CT molecular complexity index is 258. The molecule has 4 atom stereocenters. The number of rotatable bonds is 2. The van der Waals surface area contributed by atoms with Gasteiger partial charge in [-0.1, -0.05) is 27.2 Å². The van der Waals surface area contributed by atoms with E-state index in [4.69, 9.17) is 0 Å². The molecule has 1 nitrogen and oxygen atoms in total. The average Bonchev–Trinajstić information content (AvgIpc) is 2.54. The van der Waals surface area contributed by atoms with E-state index in [1.54, 1.807) is 0 Å². The lowest BCUT2D eigenvalue weighted by molar-refractivity contribution is -0.128. The third-order valence-electron chi connectivity index (χ3n) is 5.33. The largest absolute Gasteiger partial charge is 0.299 e. The van der Waals surface area contributed by atoms with Crippen LogP contribution in [-0.2, 0) is 4.79 Å². The Morgan fingerprint density at radius 2 is 2.20 bits per heavy atom. The van der Waals surface area contributed by atoms with Crippen molar-refractivity contribution in [1.82, 2.24) is 0 Å². The quantitative estimate of drug-likeness (QED) is 0.674. The minimum atomic E-state index is 0.0734. The molecule has 15 heavy (non-hydrogen) atoms. The summed E-state index contributed by atoms with van der Waals surface area (Å²) in [7, 11) is 0. The van der Waals surface area contributed by atoms with Gasteiger partial charge < -0.3 is 0 Å². The van der Waals surface area contributed by atoms with E-state index in [9.17, 15) is 4.79 Å². The maximum absolute atomic E-state index is 11.9. The van der Waals surface area contributed by atoms with Gasteiger partial charge in [0, 0.05) is 11.8 Å². The molecule has 0 saturated heterocycles. The van der Waals surface area contributed by atoms with Crippen molar-refractivity contribution in [2.45, 2.75) is 59.3 Å². The van der Waals surface area contributed by atoms with E-state index >= 15 is 0 Å². The fourth-order valence-corrected chi connectivity index (χ4v) is 3.68. The fourth-order valence-electron chi connectivity index (χ4n) is 3.68. The van der Waals surface area contributed by atoms with E-state index in [1.807, 2.05) is 0 Å². The molecule has 2 fully saturated rings.